The highest BCUT2D eigenvalue weighted by molar-refractivity contribution is 5.70. The Balaban J connectivity index is 2.51. The highest BCUT2D eigenvalue weighted by Crippen LogP contribution is 2.40. The Labute approximate surface area is 133 Å². The molecule has 0 saturated carbocycles. The zero-order valence-corrected chi connectivity index (χ0v) is 14.4. The van der Waals surface area contributed by atoms with Crippen LogP contribution < -0.4 is 14.2 Å². The molecule has 0 bridgehead atoms. The van der Waals surface area contributed by atoms with Gasteiger partial charge in [-0.05, 0) is 36.8 Å². The van der Waals surface area contributed by atoms with Crippen molar-refractivity contribution in [2.45, 2.75) is 33.6 Å². The van der Waals surface area contributed by atoms with Crippen molar-refractivity contribution in [1.29, 1.82) is 0 Å². The lowest BCUT2D eigenvalue weighted by Gasteiger charge is -2.28. The summed E-state index contributed by atoms with van der Waals surface area (Å²) in [5.41, 5.74) is 3.90. The molecule has 1 aliphatic rings. The maximum Gasteiger partial charge on any atom is 0.133 e. The minimum Gasteiger partial charge on any atom is -0.496 e. The minimum atomic E-state index is 0.273. The van der Waals surface area contributed by atoms with Gasteiger partial charge in [0, 0.05) is 12.1 Å². The van der Waals surface area contributed by atoms with Crippen molar-refractivity contribution in [1.82, 2.24) is 0 Å². The molecule has 0 N–H and O–H groups in total. The van der Waals surface area contributed by atoms with Gasteiger partial charge >= 0.3 is 0 Å². The van der Waals surface area contributed by atoms with Crippen molar-refractivity contribution in [2.24, 2.45) is 5.41 Å². The average Bonchev–Trinajstić information content (AvgIpc) is 2.49. The first kappa shape index (κ1) is 16.5. The fourth-order valence-electron chi connectivity index (χ4n) is 2.94. The van der Waals surface area contributed by atoms with E-state index in [0.717, 1.165) is 35.7 Å². The van der Waals surface area contributed by atoms with Crippen LogP contribution in [0.2, 0.25) is 0 Å². The third-order valence-corrected chi connectivity index (χ3v) is 4.22. The van der Waals surface area contributed by atoms with Crippen molar-refractivity contribution in [3.05, 3.63) is 34.9 Å². The SMILES string of the molecule is COc1cc(OC)c(/C=C2/CCC(C)(C)C=C2C)c(OC)c1. The standard InChI is InChI=1S/C19H26O3/c1-13-12-19(2,3)8-7-14(13)9-16-17(21-5)10-15(20-4)11-18(16)22-6/h9-12H,7-8H2,1-6H3/b14-9-. The largest absolute Gasteiger partial charge is 0.496 e. The molecule has 2 rings (SSSR count). The molecule has 0 amide bonds. The van der Waals surface area contributed by atoms with Crippen LogP contribution in [0.4, 0.5) is 0 Å². The summed E-state index contributed by atoms with van der Waals surface area (Å²) in [7, 11) is 4.98. The van der Waals surface area contributed by atoms with Crippen LogP contribution in [0.25, 0.3) is 6.08 Å². The van der Waals surface area contributed by atoms with Gasteiger partial charge in [0.05, 0.1) is 26.9 Å². The summed E-state index contributed by atoms with van der Waals surface area (Å²) in [6.07, 6.45) is 6.74. The molecule has 120 valence electrons. The first-order chi connectivity index (χ1) is 10.4. The zero-order chi connectivity index (χ0) is 16.3. The molecule has 0 spiro atoms. The molecule has 1 aromatic carbocycles. The first-order valence-corrected chi connectivity index (χ1v) is 7.60. The van der Waals surface area contributed by atoms with Crippen molar-refractivity contribution in [2.75, 3.05) is 21.3 Å². The Morgan fingerprint density at radius 2 is 1.59 bits per heavy atom. The molecule has 1 aromatic rings. The summed E-state index contributed by atoms with van der Waals surface area (Å²) >= 11 is 0. The van der Waals surface area contributed by atoms with E-state index in [1.165, 1.54) is 11.1 Å². The van der Waals surface area contributed by atoms with Gasteiger partial charge < -0.3 is 14.2 Å². The van der Waals surface area contributed by atoms with Crippen LogP contribution in [0.5, 0.6) is 17.2 Å². The van der Waals surface area contributed by atoms with E-state index in [0.29, 0.717) is 0 Å². The third kappa shape index (κ3) is 3.46. The van der Waals surface area contributed by atoms with E-state index in [-0.39, 0.29) is 5.41 Å². The predicted molar refractivity (Wildman–Crippen MR) is 90.8 cm³/mol. The van der Waals surface area contributed by atoms with Gasteiger partial charge in [0.2, 0.25) is 0 Å². The van der Waals surface area contributed by atoms with Gasteiger partial charge in [0.1, 0.15) is 17.2 Å². The number of hydrogen-bond donors (Lipinski definition) is 0. The van der Waals surface area contributed by atoms with Crippen molar-refractivity contribution in [3.63, 3.8) is 0 Å². The van der Waals surface area contributed by atoms with E-state index in [4.69, 9.17) is 14.2 Å². The smallest absolute Gasteiger partial charge is 0.133 e. The van der Waals surface area contributed by atoms with Gasteiger partial charge in [-0.1, -0.05) is 25.5 Å². The lowest BCUT2D eigenvalue weighted by Crippen LogP contribution is -2.13. The van der Waals surface area contributed by atoms with Gasteiger partial charge in [-0.15, -0.1) is 0 Å². The molecule has 0 aliphatic heterocycles. The molecule has 0 fully saturated rings. The number of allylic oxidation sites excluding steroid dienone is 3. The molecule has 0 atom stereocenters. The van der Waals surface area contributed by atoms with E-state index in [1.807, 2.05) is 12.1 Å². The lowest BCUT2D eigenvalue weighted by molar-refractivity contribution is 0.374. The van der Waals surface area contributed by atoms with Gasteiger partial charge in [-0.2, -0.15) is 0 Å². The third-order valence-electron chi connectivity index (χ3n) is 4.22. The highest BCUT2D eigenvalue weighted by Gasteiger charge is 2.22. The summed E-state index contributed by atoms with van der Waals surface area (Å²) in [4.78, 5) is 0. The molecular weight excluding hydrogens is 276 g/mol. The second kappa shape index (κ2) is 6.47. The molecule has 22 heavy (non-hydrogen) atoms. The molecule has 3 heteroatoms. The average molecular weight is 302 g/mol. The summed E-state index contributed by atoms with van der Waals surface area (Å²) in [5.74, 6) is 2.26. The Bertz CT molecular complexity index is 584. The summed E-state index contributed by atoms with van der Waals surface area (Å²) in [6, 6.07) is 3.78. The Morgan fingerprint density at radius 3 is 2.05 bits per heavy atom. The molecule has 1 aliphatic carbocycles. The fourth-order valence-corrected chi connectivity index (χ4v) is 2.94. The number of methoxy groups -OCH3 is 3. The molecule has 0 saturated heterocycles. The van der Waals surface area contributed by atoms with Crippen molar-refractivity contribution < 1.29 is 14.2 Å². The molecular formula is C19H26O3. The van der Waals surface area contributed by atoms with E-state index in [9.17, 15) is 0 Å². The normalized spacial score (nSPS) is 18.8. The number of hydrogen-bond acceptors (Lipinski definition) is 3. The van der Waals surface area contributed by atoms with Crippen molar-refractivity contribution >= 4 is 6.08 Å². The van der Waals surface area contributed by atoms with Crippen LogP contribution in [-0.4, -0.2) is 21.3 Å². The monoisotopic (exact) mass is 302 g/mol. The predicted octanol–water partition coefficient (Wildman–Crippen LogP) is 4.86. The Hall–Kier alpha value is -1.90. The molecule has 0 aromatic heterocycles. The minimum absolute atomic E-state index is 0.273. The van der Waals surface area contributed by atoms with Gasteiger partial charge in [-0.25, -0.2) is 0 Å². The van der Waals surface area contributed by atoms with E-state index >= 15 is 0 Å². The van der Waals surface area contributed by atoms with E-state index in [2.05, 4.69) is 32.9 Å². The number of ether oxygens (including phenoxy) is 3. The van der Waals surface area contributed by atoms with Crippen LogP contribution in [-0.2, 0) is 0 Å². The zero-order valence-electron chi connectivity index (χ0n) is 14.4. The maximum absolute atomic E-state index is 5.52. The fraction of sp³-hybridized carbons (Fsp3) is 0.474. The van der Waals surface area contributed by atoms with Gasteiger partial charge in [-0.3, -0.25) is 0 Å². The summed E-state index contributed by atoms with van der Waals surface area (Å²) in [6.45, 7) is 6.73. The van der Waals surface area contributed by atoms with E-state index in [1.54, 1.807) is 21.3 Å². The molecule has 0 heterocycles. The van der Waals surface area contributed by atoms with Crippen LogP contribution in [0.15, 0.2) is 29.4 Å². The highest BCUT2D eigenvalue weighted by atomic mass is 16.5. The molecule has 0 radical (unpaired) electrons. The lowest BCUT2D eigenvalue weighted by atomic mass is 9.77. The van der Waals surface area contributed by atoms with Gasteiger partial charge in [0.25, 0.3) is 0 Å². The van der Waals surface area contributed by atoms with Crippen molar-refractivity contribution in [3.8, 4) is 17.2 Å². The topological polar surface area (TPSA) is 27.7 Å². The summed E-state index contributed by atoms with van der Waals surface area (Å²) in [5, 5.41) is 0. The molecule has 3 nitrogen and oxygen atoms in total. The van der Waals surface area contributed by atoms with E-state index < -0.39 is 0 Å². The number of benzene rings is 1. The first-order valence-electron chi connectivity index (χ1n) is 7.60. The molecule has 0 unspecified atom stereocenters. The summed E-state index contributed by atoms with van der Waals surface area (Å²) < 4.78 is 16.3. The maximum atomic E-state index is 5.52. The van der Waals surface area contributed by atoms with Crippen LogP contribution in [0, 0.1) is 5.41 Å². The second-order valence-corrected chi connectivity index (χ2v) is 6.43. The van der Waals surface area contributed by atoms with Crippen LogP contribution >= 0.6 is 0 Å². The van der Waals surface area contributed by atoms with Crippen LogP contribution in [0.3, 0.4) is 0 Å². The Morgan fingerprint density at radius 1 is 1.00 bits per heavy atom. The second-order valence-electron chi connectivity index (χ2n) is 6.43. The Kier molecular flexibility index (Phi) is 4.84. The quantitative estimate of drug-likeness (QED) is 0.794. The van der Waals surface area contributed by atoms with Crippen LogP contribution in [0.1, 0.15) is 39.2 Å². The number of rotatable bonds is 4. The van der Waals surface area contributed by atoms with Gasteiger partial charge in [0.15, 0.2) is 0 Å².